The number of thioether (sulfide) groups is 1. The molecule has 122 valence electrons. The van der Waals surface area contributed by atoms with Crippen molar-refractivity contribution in [3.05, 3.63) is 83.8 Å². The lowest BCUT2D eigenvalue weighted by Gasteiger charge is -2.06. The predicted molar refractivity (Wildman–Crippen MR) is 97.6 cm³/mol. The second-order valence-electron chi connectivity index (χ2n) is 5.33. The number of nitrogens with zero attached hydrogens (tertiary/aromatic N) is 2. The zero-order valence-electron chi connectivity index (χ0n) is 13.2. The van der Waals surface area contributed by atoms with Gasteiger partial charge in [-0.05, 0) is 17.5 Å². The zero-order valence-corrected chi connectivity index (χ0v) is 14.0. The lowest BCUT2D eigenvalue weighted by atomic mass is 10.1. The van der Waals surface area contributed by atoms with E-state index in [0.29, 0.717) is 17.5 Å². The molecule has 0 saturated carbocycles. The van der Waals surface area contributed by atoms with Crippen LogP contribution in [0.15, 0.2) is 76.4 Å². The first-order valence-corrected chi connectivity index (χ1v) is 8.77. The third-order valence-electron chi connectivity index (χ3n) is 3.45. The largest absolute Gasteiger partial charge is 0.414 e. The molecule has 0 unspecified atom stereocenters. The van der Waals surface area contributed by atoms with Crippen LogP contribution in [-0.2, 0) is 6.42 Å². The molecule has 2 N–H and O–H groups in total. The maximum atomic E-state index is 6.15. The first-order chi connectivity index (χ1) is 11.8. The molecule has 0 saturated heterocycles. The van der Waals surface area contributed by atoms with Crippen LogP contribution >= 0.6 is 11.8 Å². The summed E-state index contributed by atoms with van der Waals surface area (Å²) in [4.78, 5) is 0. The third-order valence-corrected chi connectivity index (χ3v) is 4.22. The summed E-state index contributed by atoms with van der Waals surface area (Å²) in [5.74, 6) is 1.25. The highest BCUT2D eigenvalue weighted by atomic mass is 32.2. The van der Waals surface area contributed by atoms with Gasteiger partial charge in [-0.3, -0.25) is 0 Å². The predicted octanol–water partition coefficient (Wildman–Crippen LogP) is 4.12. The van der Waals surface area contributed by atoms with Crippen molar-refractivity contribution >= 4 is 17.8 Å². The van der Waals surface area contributed by atoms with E-state index in [1.807, 2.05) is 48.5 Å². The number of hydrogen-bond acceptors (Lipinski definition) is 5. The Morgan fingerprint density at radius 2 is 1.71 bits per heavy atom. The molecule has 1 atom stereocenters. The van der Waals surface area contributed by atoms with Crippen LogP contribution in [0.2, 0.25) is 0 Å². The van der Waals surface area contributed by atoms with Crippen LogP contribution in [0, 0.1) is 0 Å². The number of benzene rings is 2. The van der Waals surface area contributed by atoms with Gasteiger partial charge in [0.25, 0.3) is 5.22 Å². The molecular weight excluding hydrogens is 318 g/mol. The van der Waals surface area contributed by atoms with Crippen molar-refractivity contribution in [2.75, 3.05) is 5.75 Å². The molecule has 1 heterocycles. The lowest BCUT2D eigenvalue weighted by molar-refractivity contribution is 0.385. The quantitative estimate of drug-likeness (QED) is 0.657. The van der Waals surface area contributed by atoms with Gasteiger partial charge in [-0.15, -0.1) is 10.2 Å². The van der Waals surface area contributed by atoms with Gasteiger partial charge in [0.1, 0.15) is 0 Å². The van der Waals surface area contributed by atoms with Crippen molar-refractivity contribution in [2.45, 2.75) is 17.7 Å². The smallest absolute Gasteiger partial charge is 0.276 e. The van der Waals surface area contributed by atoms with E-state index in [-0.39, 0.29) is 6.04 Å². The molecule has 0 aliphatic heterocycles. The molecule has 0 radical (unpaired) electrons. The molecule has 0 aliphatic carbocycles. The van der Waals surface area contributed by atoms with Gasteiger partial charge in [0.05, 0.1) is 6.04 Å². The Balaban J connectivity index is 1.51. The Morgan fingerprint density at radius 3 is 2.46 bits per heavy atom. The summed E-state index contributed by atoms with van der Waals surface area (Å²) in [7, 11) is 0. The van der Waals surface area contributed by atoms with Crippen molar-refractivity contribution in [3.8, 4) is 0 Å². The second kappa shape index (κ2) is 8.47. The van der Waals surface area contributed by atoms with Crippen LogP contribution < -0.4 is 5.73 Å². The van der Waals surface area contributed by atoms with Gasteiger partial charge in [-0.1, -0.05) is 84.6 Å². The molecule has 0 spiro atoms. The van der Waals surface area contributed by atoms with Crippen LogP contribution in [0.25, 0.3) is 6.08 Å². The molecule has 3 rings (SSSR count). The maximum absolute atomic E-state index is 6.15. The maximum Gasteiger partial charge on any atom is 0.276 e. The van der Waals surface area contributed by atoms with Crippen LogP contribution in [0.1, 0.15) is 23.1 Å². The van der Waals surface area contributed by atoms with E-state index in [0.717, 1.165) is 11.3 Å². The van der Waals surface area contributed by atoms with Crippen molar-refractivity contribution < 1.29 is 4.42 Å². The van der Waals surface area contributed by atoms with E-state index >= 15 is 0 Å². The highest BCUT2D eigenvalue weighted by molar-refractivity contribution is 7.99. The van der Waals surface area contributed by atoms with E-state index in [9.17, 15) is 0 Å². The van der Waals surface area contributed by atoms with Crippen LogP contribution in [0.5, 0.6) is 0 Å². The Hall–Kier alpha value is -2.37. The van der Waals surface area contributed by atoms with Gasteiger partial charge in [0.2, 0.25) is 5.89 Å². The summed E-state index contributed by atoms with van der Waals surface area (Å²) < 4.78 is 5.65. The van der Waals surface area contributed by atoms with Gasteiger partial charge in [-0.25, -0.2) is 0 Å². The Labute approximate surface area is 145 Å². The van der Waals surface area contributed by atoms with Crippen molar-refractivity contribution in [1.29, 1.82) is 0 Å². The number of hydrogen-bond donors (Lipinski definition) is 1. The summed E-state index contributed by atoms with van der Waals surface area (Å²) in [5, 5.41) is 8.67. The van der Waals surface area contributed by atoms with Crippen LogP contribution in [0.3, 0.4) is 0 Å². The fraction of sp³-hybridized carbons (Fsp3) is 0.158. The number of nitrogens with two attached hydrogens (primary N) is 1. The molecule has 3 aromatic rings. The molecule has 0 bridgehead atoms. The highest BCUT2D eigenvalue weighted by Gasteiger charge is 2.15. The lowest BCUT2D eigenvalue weighted by Crippen LogP contribution is -2.13. The fourth-order valence-electron chi connectivity index (χ4n) is 2.25. The molecular formula is C19H19N3OS. The summed E-state index contributed by atoms with van der Waals surface area (Å²) in [6.45, 7) is 0. The summed E-state index contributed by atoms with van der Waals surface area (Å²) in [6.07, 6.45) is 4.83. The van der Waals surface area contributed by atoms with E-state index in [4.69, 9.17) is 10.2 Å². The minimum Gasteiger partial charge on any atom is -0.414 e. The minimum absolute atomic E-state index is 0.283. The van der Waals surface area contributed by atoms with E-state index in [2.05, 4.69) is 34.5 Å². The molecule has 0 amide bonds. The normalized spacial score (nSPS) is 12.5. The molecule has 5 heteroatoms. The van der Waals surface area contributed by atoms with Crippen molar-refractivity contribution in [1.82, 2.24) is 10.2 Å². The fourth-order valence-corrected chi connectivity index (χ4v) is 2.83. The monoisotopic (exact) mass is 337 g/mol. The summed E-state index contributed by atoms with van der Waals surface area (Å²) >= 11 is 1.50. The zero-order chi connectivity index (χ0) is 16.6. The van der Waals surface area contributed by atoms with Gasteiger partial charge < -0.3 is 10.2 Å². The van der Waals surface area contributed by atoms with Crippen LogP contribution in [-0.4, -0.2) is 16.0 Å². The Kier molecular flexibility index (Phi) is 5.82. The summed E-state index contributed by atoms with van der Waals surface area (Å²) in [6, 6.07) is 19.9. The highest BCUT2D eigenvalue weighted by Crippen LogP contribution is 2.21. The SMILES string of the molecule is N[C@@H](Cc1ccccc1)c1nnc(SCC=Cc2ccccc2)o1. The van der Waals surface area contributed by atoms with Crippen molar-refractivity contribution in [2.24, 2.45) is 5.73 Å². The van der Waals surface area contributed by atoms with E-state index < -0.39 is 0 Å². The summed E-state index contributed by atoms with van der Waals surface area (Å²) in [5.41, 5.74) is 8.48. The average Bonchev–Trinajstić information content (AvgIpc) is 3.10. The van der Waals surface area contributed by atoms with Gasteiger partial charge in [0, 0.05) is 5.75 Å². The van der Waals surface area contributed by atoms with Gasteiger partial charge in [-0.2, -0.15) is 0 Å². The van der Waals surface area contributed by atoms with Crippen molar-refractivity contribution in [3.63, 3.8) is 0 Å². The van der Waals surface area contributed by atoms with Gasteiger partial charge in [0.15, 0.2) is 0 Å². The molecule has 0 fully saturated rings. The van der Waals surface area contributed by atoms with E-state index in [1.54, 1.807) is 0 Å². The molecule has 24 heavy (non-hydrogen) atoms. The molecule has 1 aromatic heterocycles. The standard InChI is InChI=1S/C19H19N3OS/c20-17(14-16-10-5-2-6-11-16)18-21-22-19(23-18)24-13-7-12-15-8-3-1-4-9-15/h1-12,17H,13-14,20H2/t17-/m0/s1. The third kappa shape index (κ3) is 4.81. The second-order valence-corrected chi connectivity index (χ2v) is 6.30. The van der Waals surface area contributed by atoms with E-state index in [1.165, 1.54) is 17.3 Å². The Bertz CT molecular complexity index is 772. The number of aromatic nitrogens is 2. The van der Waals surface area contributed by atoms with Gasteiger partial charge >= 0.3 is 0 Å². The molecule has 0 aliphatic rings. The minimum atomic E-state index is -0.283. The van der Waals surface area contributed by atoms with Crippen LogP contribution in [0.4, 0.5) is 0 Å². The average molecular weight is 337 g/mol. The number of rotatable bonds is 7. The topological polar surface area (TPSA) is 64.9 Å². The Morgan fingerprint density at radius 1 is 1.00 bits per heavy atom. The first kappa shape index (κ1) is 16.5. The molecule has 2 aromatic carbocycles. The first-order valence-electron chi connectivity index (χ1n) is 7.78. The molecule has 4 nitrogen and oxygen atoms in total.